The molecule has 1 heterocycles. The number of anilines is 1. The molecule has 22 heavy (non-hydrogen) atoms. The summed E-state index contributed by atoms with van der Waals surface area (Å²) in [6, 6.07) is 5.73. The molecule has 1 amide bonds. The van der Waals surface area contributed by atoms with E-state index in [-0.39, 0.29) is 11.9 Å². The van der Waals surface area contributed by atoms with Gasteiger partial charge in [0.2, 0.25) is 0 Å². The van der Waals surface area contributed by atoms with Gasteiger partial charge in [0.15, 0.2) is 5.60 Å². The fourth-order valence-electron chi connectivity index (χ4n) is 3.69. The molecular weight excluding hydrogens is 346 g/mol. The standard InChI is InChI=1S/C17H20BrNO3/c1-10-5-6-12(11(18)9-10)19-13(20)17-8-7-16(4,14(21)22-17)15(17,2)3/h5-6,9H,7-8H2,1-4H3,(H,19,20)/t16-,17+/m0/s1. The number of esters is 1. The van der Waals surface area contributed by atoms with E-state index in [0.29, 0.717) is 18.5 Å². The summed E-state index contributed by atoms with van der Waals surface area (Å²) in [5.41, 5.74) is -0.405. The molecule has 1 aromatic carbocycles. The van der Waals surface area contributed by atoms with Crippen LogP contribution in [0.5, 0.6) is 0 Å². The lowest BCUT2D eigenvalue weighted by atomic mass is 9.66. The number of benzene rings is 1. The van der Waals surface area contributed by atoms with Crippen LogP contribution in [0.4, 0.5) is 5.69 Å². The van der Waals surface area contributed by atoms with Gasteiger partial charge in [-0.2, -0.15) is 0 Å². The summed E-state index contributed by atoms with van der Waals surface area (Å²) in [5.74, 6) is -0.501. The molecule has 0 spiro atoms. The average Bonchev–Trinajstić information content (AvgIpc) is 2.72. The van der Waals surface area contributed by atoms with Crippen molar-refractivity contribution < 1.29 is 14.3 Å². The molecule has 1 aliphatic carbocycles. The summed E-state index contributed by atoms with van der Waals surface area (Å²) in [6.07, 6.45) is 1.25. The van der Waals surface area contributed by atoms with E-state index in [4.69, 9.17) is 4.74 Å². The minimum atomic E-state index is -1.08. The van der Waals surface area contributed by atoms with Crippen molar-refractivity contribution in [1.82, 2.24) is 0 Å². The summed E-state index contributed by atoms with van der Waals surface area (Å²) >= 11 is 3.46. The van der Waals surface area contributed by atoms with Crippen molar-refractivity contribution in [3.05, 3.63) is 28.2 Å². The zero-order valence-corrected chi connectivity index (χ0v) is 14.8. The monoisotopic (exact) mass is 365 g/mol. The molecular formula is C17H20BrNO3. The second kappa shape index (κ2) is 4.57. The van der Waals surface area contributed by atoms with Gasteiger partial charge in [0.1, 0.15) is 0 Å². The molecule has 118 valence electrons. The second-order valence-electron chi connectivity index (χ2n) is 7.11. The number of carbonyl (C=O) groups is 2. The van der Waals surface area contributed by atoms with Crippen LogP contribution in [0.25, 0.3) is 0 Å². The number of rotatable bonds is 2. The Morgan fingerprint density at radius 1 is 1.27 bits per heavy atom. The molecule has 2 atom stereocenters. The van der Waals surface area contributed by atoms with Gasteiger partial charge in [0.25, 0.3) is 5.91 Å². The summed E-state index contributed by atoms with van der Waals surface area (Å²) in [6.45, 7) is 7.79. The maximum absolute atomic E-state index is 12.9. The fourth-order valence-corrected chi connectivity index (χ4v) is 4.28. The molecule has 2 fully saturated rings. The number of halogens is 1. The zero-order valence-electron chi connectivity index (χ0n) is 13.2. The highest BCUT2D eigenvalue weighted by molar-refractivity contribution is 9.10. The normalized spacial score (nSPS) is 32.0. The Bertz CT molecular complexity index is 684. The van der Waals surface area contributed by atoms with Crippen LogP contribution in [0.15, 0.2) is 22.7 Å². The fraction of sp³-hybridized carbons (Fsp3) is 0.529. The molecule has 0 unspecified atom stereocenters. The molecule has 1 aliphatic heterocycles. The predicted octanol–water partition coefficient (Wildman–Crippen LogP) is 3.82. The number of carbonyl (C=O) groups excluding carboxylic acids is 2. The van der Waals surface area contributed by atoms with Crippen LogP contribution in [0.2, 0.25) is 0 Å². The highest BCUT2D eigenvalue weighted by Gasteiger charge is 2.75. The summed E-state index contributed by atoms with van der Waals surface area (Å²) in [7, 11) is 0. The number of fused-ring (bicyclic) bond motifs is 2. The van der Waals surface area contributed by atoms with Crippen molar-refractivity contribution in [1.29, 1.82) is 0 Å². The highest BCUT2D eigenvalue weighted by atomic mass is 79.9. The number of hydrogen-bond acceptors (Lipinski definition) is 3. The van der Waals surface area contributed by atoms with Gasteiger partial charge < -0.3 is 10.1 Å². The first-order valence-electron chi connectivity index (χ1n) is 7.45. The van der Waals surface area contributed by atoms with Crippen LogP contribution >= 0.6 is 15.9 Å². The molecule has 2 bridgehead atoms. The lowest BCUT2D eigenvalue weighted by Gasteiger charge is -2.35. The van der Waals surface area contributed by atoms with Crippen LogP contribution < -0.4 is 5.32 Å². The van der Waals surface area contributed by atoms with E-state index in [1.54, 1.807) is 0 Å². The molecule has 0 radical (unpaired) electrons. The molecule has 4 nitrogen and oxygen atoms in total. The van der Waals surface area contributed by atoms with Crippen LogP contribution in [0.3, 0.4) is 0 Å². The number of hydrogen-bond donors (Lipinski definition) is 1. The lowest BCUT2D eigenvalue weighted by molar-refractivity contribution is -0.165. The molecule has 1 saturated carbocycles. The molecule has 1 aromatic rings. The van der Waals surface area contributed by atoms with Gasteiger partial charge in [-0.05, 0) is 60.3 Å². The van der Waals surface area contributed by atoms with Crippen molar-refractivity contribution in [3.8, 4) is 0 Å². The number of ether oxygens (including phenoxy) is 1. The first-order chi connectivity index (χ1) is 10.1. The third-order valence-corrected chi connectivity index (χ3v) is 6.48. The van der Waals surface area contributed by atoms with Gasteiger partial charge in [0.05, 0.1) is 11.1 Å². The Balaban J connectivity index is 1.94. The topological polar surface area (TPSA) is 55.4 Å². The third-order valence-electron chi connectivity index (χ3n) is 5.82. The van der Waals surface area contributed by atoms with Crippen LogP contribution in [-0.4, -0.2) is 17.5 Å². The Morgan fingerprint density at radius 2 is 1.95 bits per heavy atom. The van der Waals surface area contributed by atoms with Crippen molar-refractivity contribution in [2.75, 3.05) is 5.32 Å². The van der Waals surface area contributed by atoms with Gasteiger partial charge in [0, 0.05) is 9.89 Å². The van der Waals surface area contributed by atoms with Gasteiger partial charge in [-0.25, -0.2) is 0 Å². The highest BCUT2D eigenvalue weighted by Crippen LogP contribution is 2.65. The van der Waals surface area contributed by atoms with Crippen molar-refractivity contribution in [3.63, 3.8) is 0 Å². The third kappa shape index (κ3) is 1.75. The first-order valence-corrected chi connectivity index (χ1v) is 8.24. The second-order valence-corrected chi connectivity index (χ2v) is 7.97. The van der Waals surface area contributed by atoms with Crippen LogP contribution in [-0.2, 0) is 14.3 Å². The van der Waals surface area contributed by atoms with E-state index in [0.717, 1.165) is 10.0 Å². The minimum Gasteiger partial charge on any atom is -0.448 e. The van der Waals surface area contributed by atoms with Crippen molar-refractivity contribution >= 4 is 33.5 Å². The predicted molar refractivity (Wildman–Crippen MR) is 87.5 cm³/mol. The largest absolute Gasteiger partial charge is 0.448 e. The quantitative estimate of drug-likeness (QED) is 0.810. The maximum atomic E-state index is 12.9. The van der Waals surface area contributed by atoms with Gasteiger partial charge in [-0.3, -0.25) is 9.59 Å². The molecule has 1 N–H and O–H groups in total. The van der Waals surface area contributed by atoms with E-state index in [1.807, 2.05) is 45.9 Å². The SMILES string of the molecule is Cc1ccc(NC(=O)[C@@]23CC[C@@](C)(C(=O)O2)C3(C)C)c(Br)c1. The Labute approximate surface area is 138 Å². The molecule has 2 aliphatic rings. The smallest absolute Gasteiger partial charge is 0.313 e. The summed E-state index contributed by atoms with van der Waals surface area (Å²) < 4.78 is 6.42. The summed E-state index contributed by atoms with van der Waals surface area (Å²) in [4.78, 5) is 25.2. The van der Waals surface area contributed by atoms with Gasteiger partial charge in [-0.15, -0.1) is 0 Å². The van der Waals surface area contributed by atoms with E-state index in [1.165, 1.54) is 0 Å². The Morgan fingerprint density at radius 3 is 2.45 bits per heavy atom. The first kappa shape index (κ1) is 15.5. The van der Waals surface area contributed by atoms with Gasteiger partial charge in [-0.1, -0.05) is 19.9 Å². The van der Waals surface area contributed by atoms with E-state index in [9.17, 15) is 9.59 Å². The average molecular weight is 366 g/mol. The number of amides is 1. The lowest BCUT2D eigenvalue weighted by Crippen LogP contribution is -2.50. The number of nitrogens with one attached hydrogen (secondary N) is 1. The zero-order chi connectivity index (χ0) is 16.3. The molecule has 1 saturated heterocycles. The van der Waals surface area contributed by atoms with E-state index in [2.05, 4.69) is 21.2 Å². The van der Waals surface area contributed by atoms with Crippen molar-refractivity contribution in [2.45, 2.75) is 46.1 Å². The molecule has 0 aromatic heterocycles. The van der Waals surface area contributed by atoms with Crippen LogP contribution in [0.1, 0.15) is 39.2 Å². The molecule has 5 heteroatoms. The Hall–Kier alpha value is -1.36. The van der Waals surface area contributed by atoms with Gasteiger partial charge >= 0.3 is 5.97 Å². The van der Waals surface area contributed by atoms with Crippen molar-refractivity contribution in [2.24, 2.45) is 10.8 Å². The Kier molecular flexibility index (Phi) is 3.23. The van der Waals surface area contributed by atoms with Crippen LogP contribution in [0, 0.1) is 17.8 Å². The van der Waals surface area contributed by atoms with E-state index < -0.39 is 16.4 Å². The molecule has 3 rings (SSSR count). The maximum Gasteiger partial charge on any atom is 0.313 e. The van der Waals surface area contributed by atoms with E-state index >= 15 is 0 Å². The number of aryl methyl sites for hydroxylation is 1. The minimum absolute atomic E-state index is 0.239. The summed E-state index contributed by atoms with van der Waals surface area (Å²) in [5, 5.41) is 2.93.